The molecular weight excluding hydrogens is 309 g/mol. The first kappa shape index (κ1) is 17.8. The van der Waals surface area contributed by atoms with Crippen molar-refractivity contribution in [3.8, 4) is 0 Å². The van der Waals surface area contributed by atoms with E-state index in [1.165, 1.54) is 5.56 Å². The second-order valence-corrected chi connectivity index (χ2v) is 4.54. The van der Waals surface area contributed by atoms with Crippen LogP contribution in [0.5, 0.6) is 0 Å². The number of hydrazine groups is 1. The van der Waals surface area contributed by atoms with Gasteiger partial charge in [-0.1, -0.05) is 48.5 Å². The van der Waals surface area contributed by atoms with Crippen molar-refractivity contribution in [3.05, 3.63) is 65.7 Å². The Labute approximate surface area is 137 Å². The molecule has 1 aliphatic heterocycles. The number of rotatable bonds is 4. The van der Waals surface area contributed by atoms with Crippen LogP contribution in [-0.2, 0) is 11.4 Å². The van der Waals surface area contributed by atoms with E-state index in [0.717, 1.165) is 17.8 Å². The third-order valence-electron chi connectivity index (χ3n) is 3.17. The molecule has 0 saturated heterocycles. The van der Waals surface area contributed by atoms with Crippen molar-refractivity contribution >= 4 is 30.5 Å². The minimum Gasteiger partial charge on any atom is -0.321 e. The largest absolute Gasteiger partial charge is 0.321 e. The molecule has 114 valence electrons. The van der Waals surface area contributed by atoms with Crippen LogP contribution in [0, 0.1) is 0 Å². The summed E-state index contributed by atoms with van der Waals surface area (Å²) in [6, 6.07) is 18.5. The van der Waals surface area contributed by atoms with Gasteiger partial charge in [0.2, 0.25) is 0 Å². The van der Waals surface area contributed by atoms with Gasteiger partial charge in [-0.05, 0) is 17.2 Å². The van der Waals surface area contributed by atoms with E-state index in [1.807, 2.05) is 36.4 Å². The fourth-order valence-electron chi connectivity index (χ4n) is 2.18. The molecule has 1 heterocycles. The van der Waals surface area contributed by atoms with E-state index >= 15 is 0 Å². The highest BCUT2D eigenvalue weighted by molar-refractivity contribution is 5.85. The number of anilines is 1. The van der Waals surface area contributed by atoms with Crippen LogP contribution in [0.15, 0.2) is 54.6 Å². The molecule has 2 aromatic carbocycles. The fourth-order valence-corrected chi connectivity index (χ4v) is 2.18. The quantitative estimate of drug-likeness (QED) is 0.754. The van der Waals surface area contributed by atoms with Crippen LogP contribution in [0.1, 0.15) is 17.2 Å². The molecule has 1 atom stereocenters. The summed E-state index contributed by atoms with van der Waals surface area (Å²) in [7, 11) is 0. The lowest BCUT2D eigenvalue weighted by molar-refractivity contribution is 0.00271. The van der Waals surface area contributed by atoms with Gasteiger partial charge in [-0.25, -0.2) is 5.43 Å². The predicted molar refractivity (Wildman–Crippen MR) is 89.7 cm³/mol. The molecule has 0 spiro atoms. The molecule has 0 aromatic heterocycles. The lowest BCUT2D eigenvalue weighted by Gasteiger charge is -2.27. The van der Waals surface area contributed by atoms with Crippen LogP contribution in [0.25, 0.3) is 0 Å². The van der Waals surface area contributed by atoms with E-state index in [1.54, 1.807) is 0 Å². The third kappa shape index (κ3) is 4.59. The van der Waals surface area contributed by atoms with Crippen LogP contribution < -0.4 is 16.3 Å². The molecule has 6 heteroatoms. The first-order valence-corrected chi connectivity index (χ1v) is 6.42. The van der Waals surface area contributed by atoms with Crippen LogP contribution >= 0.6 is 24.8 Å². The van der Waals surface area contributed by atoms with Gasteiger partial charge in [-0.2, -0.15) is 5.48 Å². The van der Waals surface area contributed by atoms with Gasteiger partial charge in [-0.15, -0.1) is 24.8 Å². The SMILES string of the molecule is Cl.Cl.c1ccc(CONC2CNNc3ccccc32)cc1. The van der Waals surface area contributed by atoms with Gasteiger partial charge in [0, 0.05) is 6.54 Å². The minimum atomic E-state index is 0. The molecular formula is C15H19Cl2N3O. The van der Waals surface area contributed by atoms with Crippen molar-refractivity contribution in [2.75, 3.05) is 12.0 Å². The van der Waals surface area contributed by atoms with E-state index in [9.17, 15) is 0 Å². The zero-order valence-electron chi connectivity index (χ0n) is 11.4. The second-order valence-electron chi connectivity index (χ2n) is 4.54. The minimum absolute atomic E-state index is 0. The lowest BCUT2D eigenvalue weighted by atomic mass is 10.0. The number of nitrogens with one attached hydrogen (secondary N) is 3. The van der Waals surface area contributed by atoms with Crippen molar-refractivity contribution in [2.45, 2.75) is 12.6 Å². The summed E-state index contributed by atoms with van der Waals surface area (Å²) in [5, 5.41) is 0. The van der Waals surface area contributed by atoms with E-state index in [0.29, 0.717) is 6.61 Å². The number of fused-ring (bicyclic) bond motifs is 1. The number of para-hydroxylation sites is 1. The Bertz CT molecular complexity index is 539. The average molecular weight is 328 g/mol. The standard InChI is InChI=1S/C15H17N3O.2ClH/c1-2-6-12(7-3-1)11-19-18-15-10-16-17-14-9-5-4-8-13(14)15;;/h1-9,15-18H,10-11H2;2*1H. The van der Waals surface area contributed by atoms with Gasteiger partial charge in [0.15, 0.2) is 0 Å². The molecule has 0 fully saturated rings. The molecule has 0 bridgehead atoms. The highest BCUT2D eigenvalue weighted by atomic mass is 35.5. The van der Waals surface area contributed by atoms with Gasteiger partial charge in [-0.3, -0.25) is 4.84 Å². The number of hydroxylamine groups is 1. The summed E-state index contributed by atoms with van der Waals surface area (Å²) >= 11 is 0. The molecule has 3 rings (SSSR count). The summed E-state index contributed by atoms with van der Waals surface area (Å²) in [5.41, 5.74) is 12.9. The van der Waals surface area contributed by atoms with Gasteiger partial charge in [0.1, 0.15) is 0 Å². The summed E-state index contributed by atoms with van der Waals surface area (Å²) in [6.45, 7) is 1.35. The van der Waals surface area contributed by atoms with Crippen molar-refractivity contribution in [3.63, 3.8) is 0 Å². The lowest BCUT2D eigenvalue weighted by Crippen LogP contribution is -2.39. The van der Waals surface area contributed by atoms with Gasteiger partial charge < -0.3 is 5.43 Å². The highest BCUT2D eigenvalue weighted by Crippen LogP contribution is 2.24. The summed E-state index contributed by atoms with van der Waals surface area (Å²) in [4.78, 5) is 5.60. The number of benzene rings is 2. The fraction of sp³-hybridized carbons (Fsp3) is 0.200. The van der Waals surface area contributed by atoms with E-state index in [4.69, 9.17) is 4.84 Å². The Morgan fingerprint density at radius 3 is 2.52 bits per heavy atom. The Balaban J connectivity index is 0.00000110. The summed E-state index contributed by atoms with van der Waals surface area (Å²) in [5.74, 6) is 0. The molecule has 0 saturated carbocycles. The van der Waals surface area contributed by atoms with Gasteiger partial charge in [0.05, 0.1) is 18.3 Å². The van der Waals surface area contributed by atoms with Crippen LogP contribution in [0.2, 0.25) is 0 Å². The molecule has 1 aliphatic rings. The van der Waals surface area contributed by atoms with Crippen molar-refractivity contribution < 1.29 is 4.84 Å². The molecule has 0 aliphatic carbocycles. The molecule has 0 amide bonds. The van der Waals surface area contributed by atoms with Crippen LogP contribution in [0.3, 0.4) is 0 Å². The maximum Gasteiger partial charge on any atom is 0.0933 e. The zero-order chi connectivity index (χ0) is 12.9. The topological polar surface area (TPSA) is 45.3 Å². The molecule has 1 unspecified atom stereocenters. The molecule has 4 nitrogen and oxygen atoms in total. The van der Waals surface area contributed by atoms with Crippen LogP contribution in [0.4, 0.5) is 5.69 Å². The Hall–Kier alpha value is -1.30. The normalized spacial score (nSPS) is 15.9. The van der Waals surface area contributed by atoms with Crippen molar-refractivity contribution in [1.82, 2.24) is 10.9 Å². The smallest absolute Gasteiger partial charge is 0.0933 e. The van der Waals surface area contributed by atoms with Crippen molar-refractivity contribution in [2.24, 2.45) is 0 Å². The molecule has 2 aromatic rings. The van der Waals surface area contributed by atoms with Crippen LogP contribution in [-0.4, -0.2) is 6.54 Å². The highest BCUT2D eigenvalue weighted by Gasteiger charge is 2.18. The average Bonchev–Trinajstić information content (AvgIpc) is 2.49. The maximum absolute atomic E-state index is 5.60. The van der Waals surface area contributed by atoms with Crippen molar-refractivity contribution in [1.29, 1.82) is 0 Å². The molecule has 0 radical (unpaired) electrons. The Kier molecular flexibility index (Phi) is 7.50. The van der Waals surface area contributed by atoms with E-state index in [-0.39, 0.29) is 30.9 Å². The van der Waals surface area contributed by atoms with Gasteiger partial charge >= 0.3 is 0 Å². The molecule has 3 N–H and O–H groups in total. The van der Waals surface area contributed by atoms with Gasteiger partial charge in [0.25, 0.3) is 0 Å². The Morgan fingerprint density at radius 1 is 1.00 bits per heavy atom. The number of hydrogen-bond donors (Lipinski definition) is 3. The first-order chi connectivity index (χ1) is 9.43. The van der Waals surface area contributed by atoms with E-state index in [2.05, 4.69) is 34.5 Å². The zero-order valence-corrected chi connectivity index (χ0v) is 13.0. The Morgan fingerprint density at radius 2 is 1.71 bits per heavy atom. The first-order valence-electron chi connectivity index (χ1n) is 6.42. The predicted octanol–water partition coefficient (Wildman–Crippen LogP) is 3.22. The third-order valence-corrected chi connectivity index (χ3v) is 3.17. The second kappa shape index (κ2) is 8.87. The maximum atomic E-state index is 5.60. The monoisotopic (exact) mass is 327 g/mol. The van der Waals surface area contributed by atoms with E-state index < -0.39 is 0 Å². The number of halogens is 2. The summed E-state index contributed by atoms with van der Waals surface area (Å²) < 4.78 is 0. The number of hydrogen-bond acceptors (Lipinski definition) is 4. The summed E-state index contributed by atoms with van der Waals surface area (Å²) in [6.07, 6.45) is 0. The molecule has 21 heavy (non-hydrogen) atoms.